The molecule has 0 unspecified atom stereocenters. The summed E-state index contributed by atoms with van der Waals surface area (Å²) >= 11 is 0. The van der Waals surface area contributed by atoms with Crippen molar-refractivity contribution in [2.45, 2.75) is 43.5 Å². The molecule has 1 fully saturated rings. The molecule has 0 radical (unpaired) electrons. The van der Waals surface area contributed by atoms with Crippen LogP contribution in [0.3, 0.4) is 0 Å². The lowest BCUT2D eigenvalue weighted by molar-refractivity contribution is -0.271. The summed E-state index contributed by atoms with van der Waals surface area (Å²) in [6.07, 6.45) is -5.64. The van der Waals surface area contributed by atoms with E-state index in [1.54, 1.807) is 0 Å². The number of benzene rings is 1. The molecule has 232 valence electrons. The fourth-order valence-electron chi connectivity index (χ4n) is 3.92. The van der Waals surface area contributed by atoms with Crippen LogP contribution in [0.15, 0.2) is 36.4 Å². The van der Waals surface area contributed by atoms with Gasteiger partial charge in [-0.3, -0.25) is 24.1 Å². The number of nitrogens with one attached hydrogen (secondary N) is 2. The third-order valence-electron chi connectivity index (χ3n) is 6.10. The van der Waals surface area contributed by atoms with Crippen LogP contribution < -0.4 is 21.1 Å². The van der Waals surface area contributed by atoms with Gasteiger partial charge >= 0.3 is 12.1 Å². The molecule has 2 aliphatic heterocycles. The number of nitrogens with two attached hydrogens (primary N) is 1. The molecule has 3 rings (SSSR count). The third-order valence-corrected chi connectivity index (χ3v) is 6.10. The van der Waals surface area contributed by atoms with Crippen molar-refractivity contribution < 1.29 is 63.4 Å². The van der Waals surface area contributed by atoms with Gasteiger partial charge in [-0.25, -0.2) is 9.59 Å². The average molecular weight is 607 g/mol. The number of primary amides is 1. The molecule has 17 heteroatoms. The van der Waals surface area contributed by atoms with Gasteiger partial charge in [-0.15, -0.1) is 0 Å². The number of aliphatic hydroxyl groups is 3. The number of hydrogen-bond donors (Lipinski definition) is 7. The second-order valence-corrected chi connectivity index (χ2v) is 9.20. The number of carboxylic acids is 1. The second kappa shape index (κ2) is 14.9. The molecule has 5 amide bonds. The van der Waals surface area contributed by atoms with Crippen LogP contribution in [-0.4, -0.2) is 111 Å². The van der Waals surface area contributed by atoms with Crippen molar-refractivity contribution in [1.82, 2.24) is 10.2 Å². The van der Waals surface area contributed by atoms with Gasteiger partial charge in [0, 0.05) is 38.1 Å². The number of amides is 5. The van der Waals surface area contributed by atoms with Crippen LogP contribution in [0.1, 0.15) is 18.4 Å². The van der Waals surface area contributed by atoms with Crippen molar-refractivity contribution in [3.8, 4) is 5.75 Å². The Morgan fingerprint density at radius 3 is 2.35 bits per heavy atom. The van der Waals surface area contributed by atoms with E-state index >= 15 is 0 Å². The summed E-state index contributed by atoms with van der Waals surface area (Å²) in [7, 11) is 0. The van der Waals surface area contributed by atoms with Crippen molar-refractivity contribution >= 4 is 47.5 Å². The highest BCUT2D eigenvalue weighted by atomic mass is 16.7. The monoisotopic (exact) mass is 606 g/mol. The van der Waals surface area contributed by atoms with Crippen LogP contribution in [0, 0.1) is 0 Å². The Morgan fingerprint density at radius 2 is 1.70 bits per heavy atom. The highest BCUT2D eigenvalue weighted by Gasteiger charge is 2.48. The molecule has 0 aliphatic carbocycles. The predicted octanol–water partition coefficient (Wildman–Crippen LogP) is -2.17. The van der Waals surface area contributed by atoms with E-state index in [1.165, 1.54) is 30.4 Å². The number of nitrogens with zero attached hydrogens (tertiary/aromatic N) is 1. The van der Waals surface area contributed by atoms with E-state index in [0.29, 0.717) is 5.56 Å². The first-order valence-electron chi connectivity index (χ1n) is 12.8. The van der Waals surface area contributed by atoms with Gasteiger partial charge in [0.05, 0.1) is 5.69 Å². The van der Waals surface area contributed by atoms with E-state index in [9.17, 15) is 49.2 Å². The van der Waals surface area contributed by atoms with Gasteiger partial charge in [0.1, 0.15) is 30.7 Å². The summed E-state index contributed by atoms with van der Waals surface area (Å²) in [5.41, 5.74) is 5.39. The largest absolute Gasteiger partial charge is 0.479 e. The summed E-state index contributed by atoms with van der Waals surface area (Å²) in [6, 6.07) is 4.25. The van der Waals surface area contributed by atoms with Crippen LogP contribution in [-0.2, 0) is 33.4 Å². The lowest BCUT2D eigenvalue weighted by Gasteiger charge is -2.38. The number of rotatable bonds is 13. The number of anilines is 1. The highest BCUT2D eigenvalue weighted by molar-refractivity contribution is 6.13. The number of ether oxygens (including phenoxy) is 3. The van der Waals surface area contributed by atoms with E-state index in [1.807, 2.05) is 0 Å². The van der Waals surface area contributed by atoms with E-state index in [2.05, 4.69) is 15.4 Å². The number of aliphatic hydroxyl groups excluding tert-OH is 3. The van der Waals surface area contributed by atoms with E-state index < -0.39 is 66.4 Å². The molecule has 5 atom stereocenters. The number of carboxylic acid groups (broad SMARTS) is 1. The summed E-state index contributed by atoms with van der Waals surface area (Å²) in [5, 5.41) is 44.6. The summed E-state index contributed by atoms with van der Waals surface area (Å²) < 4.78 is 15.3. The fraction of sp³-hybridized carbons (Fsp3) is 0.385. The molecule has 1 saturated heterocycles. The predicted molar refractivity (Wildman–Crippen MR) is 143 cm³/mol. The standard InChI is InChI=1S/C26H30N4O13/c27-26(40)41-11-1-2-13-3-4-15(42-25-22(37)20(35)21(36)23(43-25)24(38)39)14(12-13)29-17(32)7-9-28-16(31)8-10-30-18(33)5-6-19(30)34/h1-6,12,20-23,25,35-37H,7-11H2,(H2,27,40)(H,28,31)(H,29,32)(H,38,39)/b2-1+/t20-,21-,22+,23-,25+/m0/s1. The number of aliphatic carboxylic acids is 1. The Hall–Kier alpha value is -4.84. The molecule has 1 aromatic carbocycles. The van der Waals surface area contributed by atoms with Crippen molar-refractivity contribution in [1.29, 1.82) is 0 Å². The lowest BCUT2D eigenvalue weighted by atomic mass is 9.99. The van der Waals surface area contributed by atoms with Crippen LogP contribution in [0.25, 0.3) is 6.08 Å². The molecule has 2 aliphatic rings. The first-order valence-corrected chi connectivity index (χ1v) is 12.8. The number of carbonyl (C=O) groups excluding carboxylic acids is 5. The number of carbonyl (C=O) groups is 6. The van der Waals surface area contributed by atoms with E-state index in [4.69, 9.17) is 15.2 Å². The van der Waals surface area contributed by atoms with Crippen LogP contribution in [0.4, 0.5) is 10.5 Å². The number of imide groups is 1. The van der Waals surface area contributed by atoms with Crippen molar-refractivity contribution in [3.63, 3.8) is 0 Å². The Bertz CT molecular complexity index is 1300. The lowest BCUT2D eigenvalue weighted by Crippen LogP contribution is -2.61. The molecular weight excluding hydrogens is 576 g/mol. The van der Waals surface area contributed by atoms with Gasteiger partial charge in [0.25, 0.3) is 11.8 Å². The Labute approximate surface area is 243 Å². The van der Waals surface area contributed by atoms with Crippen molar-refractivity contribution in [3.05, 3.63) is 42.0 Å². The topological polar surface area (TPSA) is 264 Å². The molecular formula is C26H30N4O13. The van der Waals surface area contributed by atoms with Gasteiger partial charge in [-0.2, -0.15) is 0 Å². The summed E-state index contributed by atoms with van der Waals surface area (Å²) in [5.74, 6) is -3.90. The normalized spacial score (nSPS) is 23.3. The zero-order chi connectivity index (χ0) is 31.7. The maximum absolute atomic E-state index is 12.7. The fourth-order valence-corrected chi connectivity index (χ4v) is 3.92. The van der Waals surface area contributed by atoms with Gasteiger partial charge in [0.15, 0.2) is 6.10 Å². The van der Waals surface area contributed by atoms with E-state index in [0.717, 1.165) is 17.1 Å². The highest BCUT2D eigenvalue weighted by Crippen LogP contribution is 2.31. The minimum absolute atomic E-state index is 0.0103. The average Bonchev–Trinajstić information content (AvgIpc) is 3.27. The molecule has 17 nitrogen and oxygen atoms in total. The maximum atomic E-state index is 12.7. The first-order chi connectivity index (χ1) is 20.4. The Morgan fingerprint density at radius 1 is 1.00 bits per heavy atom. The van der Waals surface area contributed by atoms with Crippen molar-refractivity contribution in [2.75, 3.05) is 25.0 Å². The molecule has 0 spiro atoms. The van der Waals surface area contributed by atoms with Gasteiger partial charge in [0.2, 0.25) is 18.1 Å². The van der Waals surface area contributed by atoms with Crippen LogP contribution in [0.5, 0.6) is 5.75 Å². The molecule has 1 aromatic rings. The summed E-state index contributed by atoms with van der Waals surface area (Å²) in [6.45, 7) is -0.387. The van der Waals surface area contributed by atoms with Crippen LogP contribution >= 0.6 is 0 Å². The number of hydrogen-bond acceptors (Lipinski definition) is 12. The summed E-state index contributed by atoms with van der Waals surface area (Å²) in [4.78, 5) is 71.0. The Balaban J connectivity index is 1.66. The second-order valence-electron chi connectivity index (χ2n) is 9.20. The SMILES string of the molecule is NC(=O)OC/C=C/c1ccc(O[C@@H]2O[C@H](C(=O)O)[C@@H](O)[C@H](O)[C@H]2O)c(NC(=O)CCNC(=O)CCN2C(=O)C=CC2=O)c1. The first kappa shape index (κ1) is 32.7. The van der Waals surface area contributed by atoms with Crippen LogP contribution in [0.2, 0.25) is 0 Å². The van der Waals surface area contributed by atoms with Gasteiger partial charge < -0.3 is 51.0 Å². The zero-order valence-electron chi connectivity index (χ0n) is 22.5. The smallest absolute Gasteiger partial charge is 0.404 e. The third kappa shape index (κ3) is 9.07. The van der Waals surface area contributed by atoms with Gasteiger partial charge in [-0.1, -0.05) is 12.1 Å². The zero-order valence-corrected chi connectivity index (χ0v) is 22.5. The minimum Gasteiger partial charge on any atom is -0.479 e. The maximum Gasteiger partial charge on any atom is 0.404 e. The molecule has 0 aromatic heterocycles. The molecule has 43 heavy (non-hydrogen) atoms. The molecule has 0 saturated carbocycles. The molecule has 2 heterocycles. The van der Waals surface area contributed by atoms with Gasteiger partial charge in [-0.05, 0) is 23.8 Å². The minimum atomic E-state index is -1.94. The molecule has 0 bridgehead atoms. The Kier molecular flexibility index (Phi) is 11.3. The van der Waals surface area contributed by atoms with E-state index in [-0.39, 0.29) is 44.0 Å². The van der Waals surface area contributed by atoms with Crippen molar-refractivity contribution in [2.24, 2.45) is 5.73 Å². The quantitative estimate of drug-likeness (QED) is 0.118. The molecule has 8 N–H and O–H groups in total.